The third-order valence-electron chi connectivity index (χ3n) is 2.33. The quantitative estimate of drug-likeness (QED) is 0.741. The maximum absolute atomic E-state index is 12.3. The summed E-state index contributed by atoms with van der Waals surface area (Å²) in [5, 5.41) is 0. The lowest BCUT2D eigenvalue weighted by molar-refractivity contribution is 0.0596. The van der Waals surface area contributed by atoms with Crippen LogP contribution in [0, 0.1) is 0 Å². The van der Waals surface area contributed by atoms with Gasteiger partial charge in [0.2, 0.25) is 0 Å². The molecule has 0 aliphatic carbocycles. The van der Waals surface area contributed by atoms with Gasteiger partial charge in [0, 0.05) is 6.42 Å². The zero-order valence-corrected chi connectivity index (χ0v) is 10.1. The van der Waals surface area contributed by atoms with Crippen LogP contribution in [-0.2, 0) is 11.2 Å². The van der Waals surface area contributed by atoms with Crippen molar-refractivity contribution in [2.45, 2.75) is 6.42 Å². The van der Waals surface area contributed by atoms with Gasteiger partial charge in [-0.1, -0.05) is 0 Å². The Labute approximate surface area is 99.3 Å². The predicted molar refractivity (Wildman–Crippen MR) is 60.6 cm³/mol. The van der Waals surface area contributed by atoms with Crippen molar-refractivity contribution >= 4 is 5.97 Å². The molecule has 0 radical (unpaired) electrons. The number of hydrogen-bond acceptors (Lipinski definition) is 4. The molecule has 1 aromatic carbocycles. The van der Waals surface area contributed by atoms with E-state index in [1.54, 1.807) is 12.1 Å². The standard InChI is InChI=1S/C12H15FO4/c1-15-10-7-8(4-5-13)6-9(11(10)16-2)12(14)17-3/h6-7H,4-5H2,1-3H3. The first kappa shape index (κ1) is 13.3. The molecule has 17 heavy (non-hydrogen) atoms. The van der Waals surface area contributed by atoms with Crippen LogP contribution in [-0.4, -0.2) is 34.0 Å². The summed E-state index contributed by atoms with van der Waals surface area (Å²) in [6.45, 7) is -0.504. The molecule has 0 saturated heterocycles. The normalized spacial score (nSPS) is 9.88. The van der Waals surface area contributed by atoms with E-state index in [-0.39, 0.29) is 12.0 Å². The molecule has 0 aliphatic heterocycles. The van der Waals surface area contributed by atoms with Crippen LogP contribution in [0.25, 0.3) is 0 Å². The largest absolute Gasteiger partial charge is 0.493 e. The van der Waals surface area contributed by atoms with Crippen LogP contribution in [0.3, 0.4) is 0 Å². The third-order valence-corrected chi connectivity index (χ3v) is 2.33. The predicted octanol–water partition coefficient (Wildman–Crippen LogP) is 2.00. The minimum Gasteiger partial charge on any atom is -0.493 e. The molecule has 0 aliphatic rings. The highest BCUT2D eigenvalue weighted by Gasteiger charge is 2.18. The second-order valence-corrected chi connectivity index (χ2v) is 3.31. The van der Waals surface area contributed by atoms with Gasteiger partial charge in [0.25, 0.3) is 0 Å². The van der Waals surface area contributed by atoms with Crippen molar-refractivity contribution in [3.63, 3.8) is 0 Å². The Morgan fingerprint density at radius 1 is 1.24 bits per heavy atom. The van der Waals surface area contributed by atoms with Crippen LogP contribution in [0.4, 0.5) is 4.39 Å². The summed E-state index contributed by atoms with van der Waals surface area (Å²) in [6, 6.07) is 3.19. The number of hydrogen-bond donors (Lipinski definition) is 0. The fourth-order valence-electron chi connectivity index (χ4n) is 1.54. The van der Waals surface area contributed by atoms with Crippen LogP contribution in [0.1, 0.15) is 15.9 Å². The van der Waals surface area contributed by atoms with Gasteiger partial charge in [-0.25, -0.2) is 4.79 Å². The van der Waals surface area contributed by atoms with Gasteiger partial charge in [0.05, 0.1) is 28.0 Å². The van der Waals surface area contributed by atoms with E-state index in [1.165, 1.54) is 21.3 Å². The van der Waals surface area contributed by atoms with E-state index in [0.29, 0.717) is 17.1 Å². The van der Waals surface area contributed by atoms with Crippen LogP contribution >= 0.6 is 0 Å². The highest BCUT2D eigenvalue weighted by Crippen LogP contribution is 2.33. The highest BCUT2D eigenvalue weighted by atomic mass is 19.1. The van der Waals surface area contributed by atoms with Crippen molar-refractivity contribution in [2.24, 2.45) is 0 Å². The van der Waals surface area contributed by atoms with Gasteiger partial charge in [-0.3, -0.25) is 4.39 Å². The molecule has 0 unspecified atom stereocenters. The Morgan fingerprint density at radius 2 is 1.94 bits per heavy atom. The SMILES string of the molecule is COC(=O)c1cc(CCF)cc(OC)c1OC. The van der Waals surface area contributed by atoms with E-state index in [9.17, 15) is 9.18 Å². The number of benzene rings is 1. The molecule has 0 saturated carbocycles. The summed E-state index contributed by atoms with van der Waals surface area (Å²) in [6.07, 6.45) is 0.213. The van der Waals surface area contributed by atoms with Crippen molar-refractivity contribution < 1.29 is 23.4 Å². The minimum absolute atomic E-state index is 0.213. The van der Waals surface area contributed by atoms with Crippen molar-refractivity contribution in [1.82, 2.24) is 0 Å². The third kappa shape index (κ3) is 2.87. The first-order valence-corrected chi connectivity index (χ1v) is 5.07. The maximum atomic E-state index is 12.3. The molecule has 0 fully saturated rings. The molecule has 5 heteroatoms. The molecule has 0 N–H and O–H groups in total. The first-order chi connectivity index (χ1) is 8.17. The Kier molecular flexibility index (Phi) is 4.75. The summed E-state index contributed by atoms with van der Waals surface area (Å²) in [5.41, 5.74) is 0.892. The van der Waals surface area contributed by atoms with Gasteiger partial charge < -0.3 is 14.2 Å². The number of esters is 1. The van der Waals surface area contributed by atoms with Gasteiger partial charge in [-0.05, 0) is 17.7 Å². The average Bonchev–Trinajstić information content (AvgIpc) is 2.37. The fourth-order valence-corrected chi connectivity index (χ4v) is 1.54. The highest BCUT2D eigenvalue weighted by molar-refractivity contribution is 5.93. The molecule has 1 aromatic rings. The summed E-state index contributed by atoms with van der Waals surface area (Å²) < 4.78 is 27.2. The summed E-state index contributed by atoms with van der Waals surface area (Å²) >= 11 is 0. The molecule has 0 spiro atoms. The minimum atomic E-state index is -0.541. The number of halogens is 1. The molecule has 94 valence electrons. The molecular weight excluding hydrogens is 227 g/mol. The number of methoxy groups -OCH3 is 3. The second kappa shape index (κ2) is 6.08. The monoisotopic (exact) mass is 242 g/mol. The van der Waals surface area contributed by atoms with Crippen LogP contribution in [0.15, 0.2) is 12.1 Å². The summed E-state index contributed by atoms with van der Waals surface area (Å²) in [7, 11) is 4.16. The van der Waals surface area contributed by atoms with Gasteiger partial charge >= 0.3 is 5.97 Å². The van der Waals surface area contributed by atoms with E-state index < -0.39 is 12.6 Å². The smallest absolute Gasteiger partial charge is 0.341 e. The molecule has 4 nitrogen and oxygen atoms in total. The molecule has 0 amide bonds. The molecule has 0 bridgehead atoms. The number of ether oxygens (including phenoxy) is 3. The number of rotatable bonds is 5. The molecular formula is C12H15FO4. The zero-order chi connectivity index (χ0) is 12.8. The lowest BCUT2D eigenvalue weighted by Gasteiger charge is -2.13. The maximum Gasteiger partial charge on any atom is 0.341 e. The number of carbonyl (C=O) groups excluding carboxylic acids is 1. The van der Waals surface area contributed by atoms with E-state index in [1.807, 2.05) is 0 Å². The molecule has 1 rings (SSSR count). The number of carbonyl (C=O) groups is 1. The van der Waals surface area contributed by atoms with Crippen molar-refractivity contribution in [2.75, 3.05) is 28.0 Å². The lowest BCUT2D eigenvalue weighted by atomic mass is 10.1. The lowest BCUT2D eigenvalue weighted by Crippen LogP contribution is -2.07. The second-order valence-electron chi connectivity index (χ2n) is 3.31. The summed E-state index contributed by atoms with van der Waals surface area (Å²) in [5.74, 6) is 0.140. The fraction of sp³-hybridized carbons (Fsp3) is 0.417. The van der Waals surface area contributed by atoms with Crippen molar-refractivity contribution in [3.05, 3.63) is 23.3 Å². The van der Waals surface area contributed by atoms with E-state index >= 15 is 0 Å². The zero-order valence-electron chi connectivity index (χ0n) is 10.1. The Morgan fingerprint density at radius 3 is 2.41 bits per heavy atom. The molecule has 0 heterocycles. The van der Waals surface area contributed by atoms with Crippen LogP contribution in [0.2, 0.25) is 0 Å². The topological polar surface area (TPSA) is 44.8 Å². The van der Waals surface area contributed by atoms with E-state index in [2.05, 4.69) is 4.74 Å². The van der Waals surface area contributed by atoms with Crippen LogP contribution < -0.4 is 9.47 Å². The van der Waals surface area contributed by atoms with Gasteiger partial charge in [-0.15, -0.1) is 0 Å². The van der Waals surface area contributed by atoms with Crippen molar-refractivity contribution in [1.29, 1.82) is 0 Å². The van der Waals surface area contributed by atoms with E-state index in [0.717, 1.165) is 0 Å². The number of aryl methyl sites for hydroxylation is 1. The molecule has 0 atom stereocenters. The van der Waals surface area contributed by atoms with Gasteiger partial charge in [-0.2, -0.15) is 0 Å². The first-order valence-electron chi connectivity index (χ1n) is 5.07. The Bertz CT molecular complexity index is 404. The Balaban J connectivity index is 3.31. The average molecular weight is 242 g/mol. The number of alkyl halides is 1. The Hall–Kier alpha value is -1.78. The molecule has 0 aromatic heterocycles. The van der Waals surface area contributed by atoms with Gasteiger partial charge in [0.1, 0.15) is 5.56 Å². The summed E-state index contributed by atoms with van der Waals surface area (Å²) in [4.78, 5) is 11.6. The van der Waals surface area contributed by atoms with Gasteiger partial charge in [0.15, 0.2) is 11.5 Å². The van der Waals surface area contributed by atoms with Crippen molar-refractivity contribution in [3.8, 4) is 11.5 Å². The van der Waals surface area contributed by atoms with E-state index in [4.69, 9.17) is 9.47 Å². The van der Waals surface area contributed by atoms with Crippen LogP contribution in [0.5, 0.6) is 11.5 Å².